The van der Waals surface area contributed by atoms with Crippen molar-refractivity contribution in [3.8, 4) is 11.5 Å². The van der Waals surface area contributed by atoms with Crippen LogP contribution in [0.2, 0.25) is 0 Å². The van der Waals surface area contributed by atoms with Crippen molar-refractivity contribution in [3.05, 3.63) is 119 Å². The summed E-state index contributed by atoms with van der Waals surface area (Å²) in [4.78, 5) is 53.7. The fraction of sp³-hybridized carbons (Fsp3) is 0. The molecule has 0 saturated heterocycles. The Bertz CT molecular complexity index is 1530. The summed E-state index contributed by atoms with van der Waals surface area (Å²) in [6.07, 6.45) is 0. The molecule has 0 unspecified atom stereocenters. The number of rotatable bonds is 4. The highest BCUT2D eigenvalue weighted by molar-refractivity contribution is 6.35. The molecule has 0 aliphatic carbocycles. The number of anilines is 2. The lowest BCUT2D eigenvalue weighted by Gasteiger charge is -2.15. The maximum Gasteiger partial charge on any atom is 0.266 e. The lowest BCUT2D eigenvalue weighted by Crippen LogP contribution is -2.29. The fourth-order valence-electron chi connectivity index (χ4n) is 4.34. The van der Waals surface area contributed by atoms with Gasteiger partial charge in [0.15, 0.2) is 0 Å². The van der Waals surface area contributed by atoms with E-state index in [4.69, 9.17) is 4.74 Å². The van der Waals surface area contributed by atoms with Crippen molar-refractivity contribution in [2.24, 2.45) is 0 Å². The van der Waals surface area contributed by atoms with Gasteiger partial charge < -0.3 is 4.74 Å². The van der Waals surface area contributed by atoms with Crippen LogP contribution in [0.15, 0.2) is 97.1 Å². The standard InChI is InChI=1S/C28H16N2O5/c31-25-21-11-4-5-12-22(21)26(32)30(25)18-9-6-10-19(15-18)35-20-13-14-23-24(16-20)28(34)29(27(23)33)17-7-2-1-3-8-17/h1-16H. The number of amides is 4. The second-order valence-corrected chi connectivity index (χ2v) is 8.08. The van der Waals surface area contributed by atoms with E-state index in [0.29, 0.717) is 39.6 Å². The van der Waals surface area contributed by atoms with Crippen LogP contribution in [0.1, 0.15) is 41.4 Å². The number of hydrogen-bond donors (Lipinski definition) is 0. The third-order valence-electron chi connectivity index (χ3n) is 5.98. The molecule has 4 aromatic rings. The second kappa shape index (κ2) is 7.78. The first kappa shape index (κ1) is 20.6. The molecule has 168 valence electrons. The van der Waals surface area contributed by atoms with Crippen molar-refractivity contribution in [3.63, 3.8) is 0 Å². The molecule has 7 heteroatoms. The summed E-state index contributed by atoms with van der Waals surface area (Å²) in [5.41, 5.74) is 2.12. The molecular formula is C28H16N2O5. The molecule has 2 aliphatic heterocycles. The molecule has 6 rings (SSSR count). The van der Waals surface area contributed by atoms with Gasteiger partial charge in [-0.15, -0.1) is 0 Å². The van der Waals surface area contributed by atoms with E-state index in [9.17, 15) is 19.2 Å². The van der Waals surface area contributed by atoms with E-state index in [1.807, 2.05) is 6.07 Å². The van der Waals surface area contributed by atoms with Gasteiger partial charge in [0.1, 0.15) is 11.5 Å². The SMILES string of the molecule is O=C1c2ccccc2C(=O)N1c1cccc(Oc2ccc3c(c2)C(=O)N(c2ccccc2)C3=O)c1. The fourth-order valence-corrected chi connectivity index (χ4v) is 4.34. The van der Waals surface area contributed by atoms with Crippen LogP contribution < -0.4 is 14.5 Å². The Morgan fingerprint density at radius 3 is 1.63 bits per heavy atom. The molecule has 4 amide bonds. The molecule has 0 saturated carbocycles. The molecular weight excluding hydrogens is 444 g/mol. The van der Waals surface area contributed by atoms with Crippen LogP contribution in [-0.4, -0.2) is 23.6 Å². The van der Waals surface area contributed by atoms with E-state index < -0.39 is 23.6 Å². The van der Waals surface area contributed by atoms with Crippen LogP contribution in [0.5, 0.6) is 11.5 Å². The van der Waals surface area contributed by atoms with E-state index in [0.717, 1.165) is 9.80 Å². The minimum atomic E-state index is -0.429. The molecule has 2 aliphatic rings. The molecule has 0 spiro atoms. The zero-order chi connectivity index (χ0) is 24.1. The number of ether oxygens (including phenoxy) is 1. The Morgan fingerprint density at radius 1 is 0.429 bits per heavy atom. The van der Waals surface area contributed by atoms with Crippen LogP contribution in [0.3, 0.4) is 0 Å². The van der Waals surface area contributed by atoms with Crippen LogP contribution in [0, 0.1) is 0 Å². The van der Waals surface area contributed by atoms with Gasteiger partial charge in [0.05, 0.1) is 33.6 Å². The minimum absolute atomic E-state index is 0.243. The van der Waals surface area contributed by atoms with Crippen molar-refractivity contribution in [2.45, 2.75) is 0 Å². The molecule has 0 N–H and O–H groups in total. The van der Waals surface area contributed by atoms with Gasteiger partial charge in [-0.3, -0.25) is 19.2 Å². The Hall–Kier alpha value is -5.04. The number of nitrogens with zero attached hydrogens (tertiary/aromatic N) is 2. The van der Waals surface area contributed by atoms with Crippen molar-refractivity contribution in [1.82, 2.24) is 0 Å². The zero-order valence-electron chi connectivity index (χ0n) is 18.2. The number of benzene rings is 4. The highest BCUT2D eigenvalue weighted by Crippen LogP contribution is 2.34. The molecule has 0 bridgehead atoms. The average Bonchev–Trinajstić information content (AvgIpc) is 3.29. The smallest absolute Gasteiger partial charge is 0.266 e. The summed E-state index contributed by atoms with van der Waals surface area (Å²) in [6.45, 7) is 0. The van der Waals surface area contributed by atoms with Crippen LogP contribution in [-0.2, 0) is 0 Å². The molecule has 0 atom stereocenters. The lowest BCUT2D eigenvalue weighted by atomic mass is 10.1. The van der Waals surface area contributed by atoms with E-state index in [1.54, 1.807) is 84.9 Å². The molecule has 4 aromatic carbocycles. The molecule has 0 fully saturated rings. The third kappa shape index (κ3) is 3.21. The molecule has 0 radical (unpaired) electrons. The third-order valence-corrected chi connectivity index (χ3v) is 5.98. The van der Waals surface area contributed by atoms with Crippen LogP contribution in [0.25, 0.3) is 0 Å². The van der Waals surface area contributed by atoms with Crippen molar-refractivity contribution in [1.29, 1.82) is 0 Å². The van der Waals surface area contributed by atoms with E-state index in [-0.39, 0.29) is 5.56 Å². The number of para-hydroxylation sites is 1. The lowest BCUT2D eigenvalue weighted by molar-refractivity contribution is 0.0910. The number of hydrogen-bond acceptors (Lipinski definition) is 5. The summed E-state index contributed by atoms with van der Waals surface area (Å²) in [5.74, 6) is -0.900. The highest BCUT2D eigenvalue weighted by atomic mass is 16.5. The van der Waals surface area contributed by atoms with Gasteiger partial charge in [0, 0.05) is 6.07 Å². The number of imide groups is 2. The predicted octanol–water partition coefficient (Wildman–Crippen LogP) is 5.08. The largest absolute Gasteiger partial charge is 0.457 e. The first-order valence-electron chi connectivity index (χ1n) is 10.9. The van der Waals surface area contributed by atoms with Gasteiger partial charge in [-0.05, 0) is 54.6 Å². The minimum Gasteiger partial charge on any atom is -0.457 e. The molecule has 2 heterocycles. The molecule has 0 aromatic heterocycles. The van der Waals surface area contributed by atoms with Gasteiger partial charge in [-0.2, -0.15) is 0 Å². The summed E-state index contributed by atoms with van der Waals surface area (Å²) < 4.78 is 5.94. The summed E-state index contributed by atoms with van der Waals surface area (Å²) in [5, 5.41) is 0. The Balaban J connectivity index is 1.28. The van der Waals surface area contributed by atoms with Crippen LogP contribution in [0.4, 0.5) is 11.4 Å². The van der Waals surface area contributed by atoms with E-state index >= 15 is 0 Å². The monoisotopic (exact) mass is 460 g/mol. The van der Waals surface area contributed by atoms with Gasteiger partial charge >= 0.3 is 0 Å². The Kier molecular flexibility index (Phi) is 4.57. The topological polar surface area (TPSA) is 84.0 Å². The zero-order valence-corrected chi connectivity index (χ0v) is 18.2. The number of carbonyl (C=O) groups excluding carboxylic acids is 4. The number of carbonyl (C=O) groups is 4. The van der Waals surface area contributed by atoms with Gasteiger partial charge in [0.2, 0.25) is 0 Å². The summed E-state index contributed by atoms with van der Waals surface area (Å²) in [6, 6.07) is 26.7. The quantitative estimate of drug-likeness (QED) is 0.397. The van der Waals surface area contributed by atoms with Crippen LogP contribution >= 0.6 is 0 Å². The summed E-state index contributed by atoms with van der Waals surface area (Å²) >= 11 is 0. The van der Waals surface area contributed by atoms with E-state index in [1.165, 1.54) is 6.07 Å². The van der Waals surface area contributed by atoms with Gasteiger partial charge in [-0.25, -0.2) is 9.80 Å². The maximum absolute atomic E-state index is 13.0. The number of fused-ring (bicyclic) bond motifs is 2. The first-order chi connectivity index (χ1) is 17.0. The van der Waals surface area contributed by atoms with E-state index in [2.05, 4.69) is 0 Å². The van der Waals surface area contributed by atoms with Crippen molar-refractivity contribution >= 4 is 35.0 Å². The summed E-state index contributed by atoms with van der Waals surface area (Å²) in [7, 11) is 0. The average molecular weight is 460 g/mol. The molecule has 7 nitrogen and oxygen atoms in total. The van der Waals surface area contributed by atoms with Crippen molar-refractivity contribution < 1.29 is 23.9 Å². The Labute approximate surface area is 199 Å². The van der Waals surface area contributed by atoms with Crippen molar-refractivity contribution in [2.75, 3.05) is 9.80 Å². The predicted molar refractivity (Wildman–Crippen MR) is 128 cm³/mol. The maximum atomic E-state index is 13.0. The first-order valence-corrected chi connectivity index (χ1v) is 10.9. The highest BCUT2D eigenvalue weighted by Gasteiger charge is 2.38. The van der Waals surface area contributed by atoms with Gasteiger partial charge in [-0.1, -0.05) is 36.4 Å². The normalized spacial score (nSPS) is 14.4. The van der Waals surface area contributed by atoms with Gasteiger partial charge in [0.25, 0.3) is 23.6 Å². The second-order valence-electron chi connectivity index (χ2n) is 8.08. The molecule has 35 heavy (non-hydrogen) atoms. The Morgan fingerprint density at radius 2 is 0.943 bits per heavy atom.